The molecule has 27 heavy (non-hydrogen) atoms. The van der Waals surface area contributed by atoms with Crippen molar-refractivity contribution in [1.29, 1.82) is 0 Å². The van der Waals surface area contributed by atoms with Gasteiger partial charge in [0.05, 0.1) is 20.3 Å². The van der Waals surface area contributed by atoms with Gasteiger partial charge in [0.15, 0.2) is 17.3 Å². The summed E-state index contributed by atoms with van der Waals surface area (Å²) >= 11 is 0. The van der Waals surface area contributed by atoms with Gasteiger partial charge >= 0.3 is 0 Å². The fourth-order valence-electron chi connectivity index (χ4n) is 4.57. The standard InChI is InChI=1S/C23H23NO3/c1-25-20-12-16-15-8-4-5-9-18(15)24-23(17(16)13-21(20)26-2)22-11-14-7-3-6-10-19(14)27-22/h3,6-7,10-13,15,18H,4-5,8-9H2,1-2H3. The predicted molar refractivity (Wildman–Crippen MR) is 106 cm³/mol. The van der Waals surface area contributed by atoms with Gasteiger partial charge in [-0.15, -0.1) is 0 Å². The molecule has 0 amide bonds. The molecule has 1 aliphatic heterocycles. The van der Waals surface area contributed by atoms with E-state index in [0.29, 0.717) is 12.0 Å². The molecule has 1 aliphatic carbocycles. The van der Waals surface area contributed by atoms with Crippen LogP contribution in [0.2, 0.25) is 0 Å². The number of aliphatic imine (C=N–C) groups is 1. The lowest BCUT2D eigenvalue weighted by molar-refractivity contribution is 0.349. The first-order chi connectivity index (χ1) is 13.3. The third-order valence-electron chi connectivity index (χ3n) is 5.89. The number of hydrogen-bond acceptors (Lipinski definition) is 4. The van der Waals surface area contributed by atoms with Gasteiger partial charge in [0.2, 0.25) is 0 Å². The molecule has 0 N–H and O–H groups in total. The van der Waals surface area contributed by atoms with Gasteiger partial charge in [-0.2, -0.15) is 0 Å². The smallest absolute Gasteiger partial charge is 0.161 e. The molecule has 4 heteroatoms. The van der Waals surface area contributed by atoms with Crippen molar-refractivity contribution in [2.75, 3.05) is 14.2 Å². The van der Waals surface area contributed by atoms with E-state index in [1.807, 2.05) is 18.2 Å². The minimum atomic E-state index is 0.313. The molecule has 2 atom stereocenters. The van der Waals surface area contributed by atoms with E-state index in [1.165, 1.54) is 24.8 Å². The quantitative estimate of drug-likeness (QED) is 0.633. The van der Waals surface area contributed by atoms with Crippen molar-refractivity contribution in [1.82, 2.24) is 0 Å². The Balaban J connectivity index is 1.72. The lowest BCUT2D eigenvalue weighted by atomic mass is 9.75. The molecule has 138 valence electrons. The van der Waals surface area contributed by atoms with E-state index in [9.17, 15) is 0 Å². The van der Waals surface area contributed by atoms with Crippen LogP contribution in [0.5, 0.6) is 11.5 Å². The van der Waals surface area contributed by atoms with Crippen LogP contribution in [-0.4, -0.2) is 26.0 Å². The molecule has 0 spiro atoms. The molecule has 4 nitrogen and oxygen atoms in total. The zero-order chi connectivity index (χ0) is 18.4. The number of furan rings is 1. The van der Waals surface area contributed by atoms with Crippen molar-refractivity contribution in [3.63, 3.8) is 0 Å². The molecule has 2 aliphatic rings. The van der Waals surface area contributed by atoms with Crippen molar-refractivity contribution < 1.29 is 13.9 Å². The predicted octanol–water partition coefficient (Wildman–Crippen LogP) is 5.33. The monoisotopic (exact) mass is 361 g/mol. The van der Waals surface area contributed by atoms with E-state index in [1.54, 1.807) is 14.2 Å². The molecule has 2 aromatic carbocycles. The van der Waals surface area contributed by atoms with Crippen molar-refractivity contribution in [3.8, 4) is 11.5 Å². The summed E-state index contributed by atoms with van der Waals surface area (Å²) in [5, 5.41) is 1.10. The first kappa shape index (κ1) is 16.4. The Morgan fingerprint density at radius 3 is 2.56 bits per heavy atom. The second kappa shape index (κ2) is 6.45. The normalized spacial score (nSPS) is 21.3. The third kappa shape index (κ3) is 2.62. The molecule has 2 heterocycles. The summed E-state index contributed by atoms with van der Waals surface area (Å²) < 4.78 is 17.3. The molecule has 2 unspecified atom stereocenters. The Hall–Kier alpha value is -2.75. The molecule has 1 aromatic heterocycles. The van der Waals surface area contributed by atoms with Crippen LogP contribution in [0.3, 0.4) is 0 Å². The van der Waals surface area contributed by atoms with Crippen LogP contribution in [0.1, 0.15) is 48.5 Å². The highest BCUT2D eigenvalue weighted by Gasteiger charge is 2.35. The number of ether oxygens (including phenoxy) is 2. The van der Waals surface area contributed by atoms with E-state index in [-0.39, 0.29) is 0 Å². The lowest BCUT2D eigenvalue weighted by Gasteiger charge is -2.35. The summed E-state index contributed by atoms with van der Waals surface area (Å²) in [5.41, 5.74) is 4.24. The molecule has 0 saturated heterocycles. The van der Waals surface area contributed by atoms with Gasteiger partial charge in [-0.3, -0.25) is 4.99 Å². The summed E-state index contributed by atoms with van der Waals surface area (Å²) in [6.45, 7) is 0. The van der Waals surface area contributed by atoms with Gasteiger partial charge in [0, 0.05) is 16.9 Å². The summed E-state index contributed by atoms with van der Waals surface area (Å²) in [6.07, 6.45) is 4.79. The van der Waals surface area contributed by atoms with Crippen molar-refractivity contribution in [2.45, 2.75) is 37.6 Å². The molecule has 0 bridgehead atoms. The third-order valence-corrected chi connectivity index (χ3v) is 5.89. The van der Waals surface area contributed by atoms with Crippen molar-refractivity contribution in [2.24, 2.45) is 4.99 Å². The molecule has 0 radical (unpaired) electrons. The van der Waals surface area contributed by atoms with E-state index in [0.717, 1.165) is 45.9 Å². The number of nitrogens with zero attached hydrogens (tertiary/aromatic N) is 1. The van der Waals surface area contributed by atoms with Gasteiger partial charge in [-0.25, -0.2) is 0 Å². The molecule has 1 fully saturated rings. The van der Waals surface area contributed by atoms with Crippen LogP contribution in [-0.2, 0) is 0 Å². The van der Waals surface area contributed by atoms with Crippen LogP contribution < -0.4 is 9.47 Å². The van der Waals surface area contributed by atoms with E-state index < -0.39 is 0 Å². The second-order valence-corrected chi connectivity index (χ2v) is 7.38. The minimum absolute atomic E-state index is 0.313. The fourth-order valence-corrected chi connectivity index (χ4v) is 4.57. The molecular weight excluding hydrogens is 338 g/mol. The van der Waals surface area contributed by atoms with E-state index in [4.69, 9.17) is 18.9 Å². The Labute approximate surface area is 158 Å². The highest BCUT2D eigenvalue weighted by molar-refractivity contribution is 6.14. The van der Waals surface area contributed by atoms with E-state index >= 15 is 0 Å². The highest BCUT2D eigenvalue weighted by Crippen LogP contribution is 2.45. The Bertz CT molecular complexity index is 1000. The Morgan fingerprint density at radius 1 is 0.963 bits per heavy atom. The summed E-state index contributed by atoms with van der Waals surface area (Å²) in [6, 6.07) is 14.7. The maximum atomic E-state index is 6.17. The second-order valence-electron chi connectivity index (χ2n) is 7.38. The van der Waals surface area contributed by atoms with Crippen LogP contribution >= 0.6 is 0 Å². The van der Waals surface area contributed by atoms with Crippen LogP contribution in [0.4, 0.5) is 0 Å². The van der Waals surface area contributed by atoms with Gasteiger partial charge in [-0.1, -0.05) is 31.0 Å². The first-order valence-electron chi connectivity index (χ1n) is 9.61. The van der Waals surface area contributed by atoms with Gasteiger partial charge in [0.25, 0.3) is 0 Å². The first-order valence-corrected chi connectivity index (χ1v) is 9.61. The van der Waals surface area contributed by atoms with Crippen molar-refractivity contribution >= 4 is 16.7 Å². The zero-order valence-corrected chi connectivity index (χ0v) is 15.7. The number of rotatable bonds is 3. The maximum absolute atomic E-state index is 6.17. The number of benzene rings is 2. The van der Waals surface area contributed by atoms with Crippen LogP contribution in [0, 0.1) is 0 Å². The number of para-hydroxylation sites is 1. The van der Waals surface area contributed by atoms with Crippen molar-refractivity contribution in [3.05, 3.63) is 59.4 Å². The molecular formula is C23H23NO3. The largest absolute Gasteiger partial charge is 0.493 e. The van der Waals surface area contributed by atoms with Gasteiger partial charge in [-0.05, 0) is 42.7 Å². The average Bonchev–Trinajstić information content (AvgIpc) is 3.16. The SMILES string of the molecule is COc1cc2c(cc1OC)C1CCCCC1N=C2c1cc2ccccc2o1. The molecule has 1 saturated carbocycles. The summed E-state index contributed by atoms with van der Waals surface area (Å²) in [4.78, 5) is 5.17. The summed E-state index contributed by atoms with van der Waals surface area (Å²) in [5.74, 6) is 2.79. The van der Waals surface area contributed by atoms with E-state index in [2.05, 4.69) is 24.3 Å². The Morgan fingerprint density at radius 2 is 1.74 bits per heavy atom. The Kier molecular flexibility index (Phi) is 3.92. The van der Waals surface area contributed by atoms with Crippen LogP contribution in [0.15, 0.2) is 51.9 Å². The highest BCUT2D eigenvalue weighted by atomic mass is 16.5. The molecule has 5 rings (SSSR count). The fraction of sp³-hybridized carbons (Fsp3) is 0.348. The van der Waals surface area contributed by atoms with Gasteiger partial charge < -0.3 is 13.9 Å². The van der Waals surface area contributed by atoms with Crippen LogP contribution in [0.25, 0.3) is 11.0 Å². The van der Waals surface area contributed by atoms with Gasteiger partial charge in [0.1, 0.15) is 11.3 Å². The lowest BCUT2D eigenvalue weighted by Crippen LogP contribution is -2.29. The number of methoxy groups -OCH3 is 2. The number of fused-ring (bicyclic) bond motifs is 4. The average molecular weight is 361 g/mol. The summed E-state index contributed by atoms with van der Waals surface area (Å²) in [7, 11) is 3.37. The minimum Gasteiger partial charge on any atom is -0.493 e. The topological polar surface area (TPSA) is 44.0 Å². The number of hydrogen-bond donors (Lipinski definition) is 0. The zero-order valence-electron chi connectivity index (χ0n) is 15.7. The maximum Gasteiger partial charge on any atom is 0.161 e. The molecule has 3 aromatic rings.